The van der Waals surface area contributed by atoms with Gasteiger partial charge in [0.05, 0.1) is 5.69 Å². The maximum Gasteiger partial charge on any atom is 0.158 e. The molecule has 0 aliphatic heterocycles. The quantitative estimate of drug-likeness (QED) is 0.786. The molecule has 0 aromatic carbocycles. The van der Waals surface area contributed by atoms with Crippen LogP contribution in [0.3, 0.4) is 0 Å². The molecule has 2 aromatic heterocycles. The maximum atomic E-state index is 6.01. The van der Waals surface area contributed by atoms with Crippen molar-refractivity contribution >= 4 is 22.8 Å². The van der Waals surface area contributed by atoms with Gasteiger partial charge in [-0.25, -0.2) is 4.98 Å². The van der Waals surface area contributed by atoms with Crippen LogP contribution >= 0.6 is 11.6 Å². The van der Waals surface area contributed by atoms with E-state index >= 15 is 0 Å². The first-order chi connectivity index (χ1) is 10.2. The highest BCUT2D eigenvalue weighted by Crippen LogP contribution is 2.38. The van der Waals surface area contributed by atoms with Gasteiger partial charge in [0, 0.05) is 25.4 Å². The van der Waals surface area contributed by atoms with Crippen LogP contribution < -0.4 is 0 Å². The van der Waals surface area contributed by atoms with Crippen LogP contribution in [0.1, 0.15) is 57.1 Å². The van der Waals surface area contributed by atoms with Gasteiger partial charge in [0.25, 0.3) is 0 Å². The van der Waals surface area contributed by atoms with E-state index in [-0.39, 0.29) is 0 Å². The van der Waals surface area contributed by atoms with Crippen LogP contribution in [0.5, 0.6) is 0 Å². The Balaban J connectivity index is 2.16. The normalized spacial score (nSPS) is 22.5. The molecule has 3 rings (SSSR count). The van der Waals surface area contributed by atoms with Crippen LogP contribution in [0.15, 0.2) is 0 Å². The Hall–Kier alpha value is -1.03. The molecule has 0 amide bonds. The number of hydrogen-bond donors (Lipinski definition) is 0. The predicted molar refractivity (Wildman–Crippen MR) is 87.0 cm³/mol. The number of rotatable bonds is 5. The standard InChI is InChI=1S/C16H25ClN4/c1-4-6-12-15-16(20(3)19-12)21(14(18-15)9-10-17)13-8-5-7-11(13)2/h11,13H,4-10H2,1-3H3. The average molecular weight is 309 g/mol. The Morgan fingerprint density at radius 1 is 1.29 bits per heavy atom. The second kappa shape index (κ2) is 5.99. The van der Waals surface area contributed by atoms with Crippen molar-refractivity contribution in [1.82, 2.24) is 19.3 Å². The summed E-state index contributed by atoms with van der Waals surface area (Å²) < 4.78 is 4.47. The van der Waals surface area contributed by atoms with E-state index in [2.05, 4.69) is 18.4 Å². The molecule has 0 N–H and O–H groups in total. The molecule has 0 bridgehead atoms. The lowest BCUT2D eigenvalue weighted by molar-refractivity contribution is 0.401. The highest BCUT2D eigenvalue weighted by molar-refractivity contribution is 6.17. The molecule has 2 atom stereocenters. The molecule has 1 aliphatic rings. The maximum absolute atomic E-state index is 6.01. The lowest BCUT2D eigenvalue weighted by Gasteiger charge is -2.20. The third kappa shape index (κ3) is 2.48. The van der Waals surface area contributed by atoms with Crippen LogP contribution in [0.2, 0.25) is 0 Å². The third-order valence-electron chi connectivity index (χ3n) is 4.76. The molecule has 21 heavy (non-hydrogen) atoms. The van der Waals surface area contributed by atoms with Gasteiger partial charge in [0.15, 0.2) is 5.65 Å². The molecule has 0 spiro atoms. The first kappa shape index (κ1) is 14.9. The summed E-state index contributed by atoms with van der Waals surface area (Å²) in [5.74, 6) is 2.48. The lowest BCUT2D eigenvalue weighted by Crippen LogP contribution is -2.17. The lowest BCUT2D eigenvalue weighted by atomic mass is 10.1. The molecule has 5 heteroatoms. The van der Waals surface area contributed by atoms with Crippen molar-refractivity contribution < 1.29 is 0 Å². The summed E-state index contributed by atoms with van der Waals surface area (Å²) in [7, 11) is 2.05. The first-order valence-electron chi connectivity index (χ1n) is 8.16. The number of nitrogens with zero attached hydrogens (tertiary/aromatic N) is 4. The van der Waals surface area contributed by atoms with Crippen molar-refractivity contribution in [3.8, 4) is 0 Å². The van der Waals surface area contributed by atoms with E-state index in [1.54, 1.807) is 0 Å². The van der Waals surface area contributed by atoms with Crippen molar-refractivity contribution in [3.63, 3.8) is 0 Å². The number of aryl methyl sites for hydroxylation is 3. The average Bonchev–Trinajstić information content (AvgIpc) is 3.09. The van der Waals surface area contributed by atoms with Crippen LogP contribution in [-0.2, 0) is 19.9 Å². The minimum Gasteiger partial charge on any atom is -0.309 e. The van der Waals surface area contributed by atoms with Crippen molar-refractivity contribution in [2.24, 2.45) is 13.0 Å². The highest BCUT2D eigenvalue weighted by atomic mass is 35.5. The Morgan fingerprint density at radius 3 is 2.71 bits per heavy atom. The molecular formula is C16H25ClN4. The summed E-state index contributed by atoms with van der Waals surface area (Å²) in [6.07, 6.45) is 6.80. The van der Waals surface area contributed by atoms with Gasteiger partial charge in [-0.1, -0.05) is 26.7 Å². The predicted octanol–water partition coefficient (Wildman–Crippen LogP) is 3.86. The van der Waals surface area contributed by atoms with Crippen molar-refractivity contribution in [2.45, 2.75) is 58.4 Å². The Bertz CT molecular complexity index is 628. The number of alkyl halides is 1. The molecule has 116 valence electrons. The van der Waals surface area contributed by atoms with Gasteiger partial charge in [0.1, 0.15) is 11.3 Å². The second-order valence-electron chi connectivity index (χ2n) is 6.31. The summed E-state index contributed by atoms with van der Waals surface area (Å²) in [5, 5.41) is 4.70. The van der Waals surface area contributed by atoms with Gasteiger partial charge in [-0.05, 0) is 25.2 Å². The van der Waals surface area contributed by atoms with E-state index < -0.39 is 0 Å². The largest absolute Gasteiger partial charge is 0.309 e. The van der Waals surface area contributed by atoms with E-state index in [0.29, 0.717) is 17.8 Å². The van der Waals surface area contributed by atoms with Gasteiger partial charge in [-0.3, -0.25) is 4.68 Å². The molecule has 1 aliphatic carbocycles. The molecule has 1 fully saturated rings. The number of halogens is 1. The van der Waals surface area contributed by atoms with Crippen LogP contribution in [-0.4, -0.2) is 25.2 Å². The zero-order chi connectivity index (χ0) is 15.0. The summed E-state index contributed by atoms with van der Waals surface area (Å²) in [6.45, 7) is 4.55. The summed E-state index contributed by atoms with van der Waals surface area (Å²) in [4.78, 5) is 4.92. The Labute approximate surface area is 131 Å². The van der Waals surface area contributed by atoms with E-state index in [1.807, 2.05) is 11.7 Å². The van der Waals surface area contributed by atoms with Crippen LogP contribution in [0, 0.1) is 5.92 Å². The van der Waals surface area contributed by atoms with Crippen molar-refractivity contribution in [1.29, 1.82) is 0 Å². The molecule has 0 radical (unpaired) electrons. The van der Waals surface area contributed by atoms with E-state index in [4.69, 9.17) is 21.7 Å². The number of hydrogen-bond acceptors (Lipinski definition) is 2. The molecule has 4 nitrogen and oxygen atoms in total. The van der Waals surface area contributed by atoms with Gasteiger partial charge in [0.2, 0.25) is 0 Å². The fourth-order valence-corrected chi connectivity index (χ4v) is 3.94. The monoisotopic (exact) mass is 308 g/mol. The third-order valence-corrected chi connectivity index (χ3v) is 4.95. The molecular weight excluding hydrogens is 284 g/mol. The smallest absolute Gasteiger partial charge is 0.158 e. The fourth-order valence-electron chi connectivity index (χ4n) is 3.77. The zero-order valence-corrected chi connectivity index (χ0v) is 14.0. The fraction of sp³-hybridized carbons (Fsp3) is 0.750. The minimum atomic E-state index is 0.554. The van der Waals surface area contributed by atoms with Gasteiger partial charge < -0.3 is 4.57 Å². The summed E-state index contributed by atoms with van der Waals surface area (Å²) >= 11 is 6.01. The van der Waals surface area contributed by atoms with Gasteiger partial charge in [-0.15, -0.1) is 11.6 Å². The summed E-state index contributed by atoms with van der Waals surface area (Å²) in [5.41, 5.74) is 3.42. The van der Waals surface area contributed by atoms with E-state index in [9.17, 15) is 0 Å². The summed E-state index contributed by atoms with van der Waals surface area (Å²) in [6, 6.07) is 0.554. The first-order valence-corrected chi connectivity index (χ1v) is 8.69. The van der Waals surface area contributed by atoms with Gasteiger partial charge >= 0.3 is 0 Å². The second-order valence-corrected chi connectivity index (χ2v) is 6.68. The molecule has 1 saturated carbocycles. The minimum absolute atomic E-state index is 0.554. The Morgan fingerprint density at radius 2 is 2.10 bits per heavy atom. The highest BCUT2D eigenvalue weighted by Gasteiger charge is 2.30. The molecule has 2 heterocycles. The topological polar surface area (TPSA) is 35.6 Å². The van der Waals surface area contributed by atoms with Crippen molar-refractivity contribution in [3.05, 3.63) is 11.5 Å². The number of imidazole rings is 1. The zero-order valence-electron chi connectivity index (χ0n) is 13.3. The molecule has 0 saturated heterocycles. The van der Waals surface area contributed by atoms with Gasteiger partial charge in [-0.2, -0.15) is 5.10 Å². The van der Waals surface area contributed by atoms with Crippen LogP contribution in [0.4, 0.5) is 0 Å². The van der Waals surface area contributed by atoms with Crippen LogP contribution in [0.25, 0.3) is 11.2 Å². The molecule has 2 unspecified atom stereocenters. The van der Waals surface area contributed by atoms with E-state index in [0.717, 1.165) is 36.3 Å². The Kier molecular flexibility index (Phi) is 4.25. The molecule has 2 aromatic rings. The SMILES string of the molecule is CCCc1nn(C)c2c1nc(CCCl)n2C1CCCC1C. The number of fused-ring (bicyclic) bond motifs is 1. The van der Waals surface area contributed by atoms with Crippen molar-refractivity contribution in [2.75, 3.05) is 5.88 Å². The number of aromatic nitrogens is 4. The van der Waals surface area contributed by atoms with E-state index in [1.165, 1.54) is 24.9 Å².